The molecule has 28 heavy (non-hydrogen) atoms. The normalized spacial score (nSPS) is 13.7. The highest BCUT2D eigenvalue weighted by atomic mass is 16.5. The molecule has 1 aliphatic rings. The number of benzene rings is 2. The summed E-state index contributed by atoms with van der Waals surface area (Å²) in [5, 5.41) is 11.2. The molecule has 1 fully saturated rings. The van der Waals surface area contributed by atoms with Crippen LogP contribution >= 0.6 is 0 Å². The molecule has 0 atom stereocenters. The lowest BCUT2D eigenvalue weighted by molar-refractivity contribution is 0.127. The highest BCUT2D eigenvalue weighted by Crippen LogP contribution is 2.23. The van der Waals surface area contributed by atoms with Gasteiger partial charge in [-0.25, -0.2) is 9.48 Å². The van der Waals surface area contributed by atoms with Crippen molar-refractivity contribution in [1.82, 2.24) is 19.9 Å². The Morgan fingerprint density at radius 1 is 1.14 bits per heavy atom. The second kappa shape index (κ2) is 7.99. The lowest BCUT2D eigenvalue weighted by Crippen LogP contribution is -2.52. The SMILES string of the molecule is COc1cccc(NC(=O)N2CC(n3cc(COc4ccccc4)nn3)C2)c1. The number of ether oxygens (including phenoxy) is 2. The minimum Gasteiger partial charge on any atom is -0.497 e. The molecule has 0 aliphatic carbocycles. The molecule has 4 rings (SSSR count). The number of aromatic nitrogens is 3. The molecule has 2 heterocycles. The highest BCUT2D eigenvalue weighted by Gasteiger charge is 2.33. The van der Waals surface area contributed by atoms with Crippen molar-refractivity contribution in [3.8, 4) is 11.5 Å². The predicted molar refractivity (Wildman–Crippen MR) is 103 cm³/mol. The minimum absolute atomic E-state index is 0.119. The van der Waals surface area contributed by atoms with E-state index in [9.17, 15) is 4.79 Å². The van der Waals surface area contributed by atoms with Crippen LogP contribution in [-0.2, 0) is 6.61 Å². The van der Waals surface area contributed by atoms with Crippen LogP contribution in [0.15, 0.2) is 60.8 Å². The molecule has 2 aromatic carbocycles. The summed E-state index contributed by atoms with van der Waals surface area (Å²) in [6, 6.07) is 16.8. The quantitative estimate of drug-likeness (QED) is 0.712. The van der Waals surface area contributed by atoms with E-state index in [4.69, 9.17) is 9.47 Å². The number of para-hydroxylation sites is 1. The van der Waals surface area contributed by atoms with Crippen molar-refractivity contribution in [3.05, 3.63) is 66.5 Å². The van der Waals surface area contributed by atoms with Gasteiger partial charge in [0.1, 0.15) is 23.8 Å². The number of methoxy groups -OCH3 is 1. The van der Waals surface area contributed by atoms with Crippen LogP contribution in [0.2, 0.25) is 0 Å². The first-order valence-electron chi connectivity index (χ1n) is 9.00. The number of rotatable bonds is 6. The van der Waals surface area contributed by atoms with E-state index in [-0.39, 0.29) is 12.1 Å². The van der Waals surface area contributed by atoms with Crippen LogP contribution in [0, 0.1) is 0 Å². The Kier molecular flexibility index (Phi) is 5.09. The molecule has 0 saturated carbocycles. The van der Waals surface area contributed by atoms with Crippen LogP contribution in [0.4, 0.5) is 10.5 Å². The van der Waals surface area contributed by atoms with Crippen LogP contribution in [0.1, 0.15) is 11.7 Å². The molecule has 1 aromatic heterocycles. The first kappa shape index (κ1) is 17.8. The van der Waals surface area contributed by atoms with E-state index in [1.165, 1.54) is 0 Å². The zero-order valence-electron chi connectivity index (χ0n) is 15.5. The van der Waals surface area contributed by atoms with Crippen LogP contribution in [0.5, 0.6) is 11.5 Å². The van der Waals surface area contributed by atoms with Crippen molar-refractivity contribution in [1.29, 1.82) is 0 Å². The summed E-state index contributed by atoms with van der Waals surface area (Å²) in [6.45, 7) is 1.52. The van der Waals surface area contributed by atoms with Gasteiger partial charge in [0.25, 0.3) is 0 Å². The number of hydrogen-bond donors (Lipinski definition) is 1. The van der Waals surface area contributed by atoms with Gasteiger partial charge in [0.15, 0.2) is 0 Å². The summed E-state index contributed by atoms with van der Waals surface area (Å²) in [4.78, 5) is 14.1. The highest BCUT2D eigenvalue weighted by molar-refractivity contribution is 5.90. The van der Waals surface area contributed by atoms with Gasteiger partial charge < -0.3 is 19.7 Å². The number of likely N-dealkylation sites (tertiary alicyclic amines) is 1. The van der Waals surface area contributed by atoms with Crippen LogP contribution in [0.3, 0.4) is 0 Å². The summed E-state index contributed by atoms with van der Waals surface area (Å²) < 4.78 is 12.6. The third kappa shape index (κ3) is 4.06. The van der Waals surface area contributed by atoms with Gasteiger partial charge in [-0.2, -0.15) is 0 Å². The Morgan fingerprint density at radius 3 is 2.71 bits per heavy atom. The molecule has 1 N–H and O–H groups in total. The first-order chi connectivity index (χ1) is 13.7. The van der Waals surface area contributed by atoms with Crippen molar-refractivity contribution in [2.45, 2.75) is 12.6 Å². The number of urea groups is 1. The fourth-order valence-electron chi connectivity index (χ4n) is 2.92. The third-order valence-electron chi connectivity index (χ3n) is 4.53. The van der Waals surface area contributed by atoms with E-state index in [1.807, 2.05) is 54.7 Å². The summed E-state index contributed by atoms with van der Waals surface area (Å²) in [6.07, 6.45) is 1.87. The first-order valence-corrected chi connectivity index (χ1v) is 9.00. The number of carbonyl (C=O) groups excluding carboxylic acids is 1. The van der Waals surface area contributed by atoms with Crippen molar-refractivity contribution < 1.29 is 14.3 Å². The molecule has 0 spiro atoms. The number of nitrogens with zero attached hydrogens (tertiary/aromatic N) is 4. The van der Waals surface area contributed by atoms with E-state index >= 15 is 0 Å². The third-order valence-corrected chi connectivity index (χ3v) is 4.53. The summed E-state index contributed by atoms with van der Waals surface area (Å²) >= 11 is 0. The molecule has 1 aliphatic heterocycles. The summed E-state index contributed by atoms with van der Waals surface area (Å²) in [5.41, 5.74) is 1.46. The number of anilines is 1. The van der Waals surface area contributed by atoms with Crippen molar-refractivity contribution in [2.75, 3.05) is 25.5 Å². The molecule has 0 radical (unpaired) electrons. The maximum atomic E-state index is 12.3. The van der Waals surface area contributed by atoms with Gasteiger partial charge in [0, 0.05) is 24.8 Å². The van der Waals surface area contributed by atoms with Gasteiger partial charge in [-0.15, -0.1) is 5.10 Å². The van der Waals surface area contributed by atoms with Crippen LogP contribution in [0.25, 0.3) is 0 Å². The Balaban J connectivity index is 1.26. The lowest BCUT2D eigenvalue weighted by atomic mass is 10.1. The average Bonchev–Trinajstić information content (AvgIpc) is 3.14. The zero-order valence-corrected chi connectivity index (χ0v) is 15.5. The van der Waals surface area contributed by atoms with Crippen molar-refractivity contribution in [2.24, 2.45) is 0 Å². The molecular weight excluding hydrogens is 358 g/mol. The Hall–Kier alpha value is -3.55. The molecule has 1 saturated heterocycles. The van der Waals surface area contributed by atoms with Crippen molar-refractivity contribution in [3.63, 3.8) is 0 Å². The molecular formula is C20H21N5O3. The second-order valence-corrected chi connectivity index (χ2v) is 6.51. The van der Waals surface area contributed by atoms with Crippen LogP contribution in [-0.4, -0.2) is 46.1 Å². The largest absolute Gasteiger partial charge is 0.497 e. The lowest BCUT2D eigenvalue weighted by Gasteiger charge is -2.38. The molecule has 8 heteroatoms. The summed E-state index contributed by atoms with van der Waals surface area (Å²) in [7, 11) is 1.60. The topological polar surface area (TPSA) is 81.5 Å². The fourth-order valence-corrected chi connectivity index (χ4v) is 2.92. The van der Waals surface area contributed by atoms with E-state index in [1.54, 1.807) is 22.8 Å². The van der Waals surface area contributed by atoms with Crippen LogP contribution < -0.4 is 14.8 Å². The average molecular weight is 379 g/mol. The molecule has 3 aromatic rings. The second-order valence-electron chi connectivity index (χ2n) is 6.51. The standard InChI is InChI=1S/C20H21N5O3/c1-27-19-9-5-6-15(10-19)21-20(26)24-12-17(13-24)25-11-16(22-23-25)14-28-18-7-3-2-4-8-18/h2-11,17H,12-14H2,1H3,(H,21,26). The molecule has 8 nitrogen and oxygen atoms in total. The van der Waals surface area contributed by atoms with Crippen molar-refractivity contribution >= 4 is 11.7 Å². The van der Waals surface area contributed by atoms with E-state index in [2.05, 4.69) is 15.6 Å². The maximum Gasteiger partial charge on any atom is 0.321 e. The van der Waals surface area contributed by atoms with E-state index in [0.717, 1.165) is 11.4 Å². The van der Waals surface area contributed by atoms with Gasteiger partial charge in [-0.1, -0.05) is 29.5 Å². The Bertz CT molecular complexity index is 938. The van der Waals surface area contributed by atoms with Gasteiger partial charge in [0.2, 0.25) is 0 Å². The summed E-state index contributed by atoms with van der Waals surface area (Å²) in [5.74, 6) is 1.49. The molecule has 0 unspecified atom stereocenters. The minimum atomic E-state index is -0.141. The van der Waals surface area contributed by atoms with Gasteiger partial charge in [-0.05, 0) is 24.3 Å². The Labute approximate surface area is 162 Å². The number of nitrogens with one attached hydrogen (secondary N) is 1. The fraction of sp³-hybridized carbons (Fsp3) is 0.250. The van der Waals surface area contributed by atoms with Gasteiger partial charge in [-0.3, -0.25) is 0 Å². The maximum absolute atomic E-state index is 12.3. The number of amides is 2. The monoisotopic (exact) mass is 379 g/mol. The predicted octanol–water partition coefficient (Wildman–Crippen LogP) is 2.95. The Morgan fingerprint density at radius 2 is 1.93 bits per heavy atom. The molecule has 144 valence electrons. The van der Waals surface area contributed by atoms with Gasteiger partial charge in [0.05, 0.1) is 19.3 Å². The zero-order chi connectivity index (χ0) is 19.3. The number of carbonyl (C=O) groups is 1. The van der Waals surface area contributed by atoms with E-state index in [0.29, 0.717) is 31.1 Å². The smallest absolute Gasteiger partial charge is 0.321 e. The molecule has 0 bridgehead atoms. The number of hydrogen-bond acceptors (Lipinski definition) is 5. The van der Waals surface area contributed by atoms with E-state index < -0.39 is 0 Å². The van der Waals surface area contributed by atoms with Gasteiger partial charge >= 0.3 is 6.03 Å². The molecule has 2 amide bonds.